The van der Waals surface area contributed by atoms with Crippen LogP contribution in [0.5, 0.6) is 0 Å². The molecule has 1 atom stereocenters. The second-order valence-electron chi connectivity index (χ2n) is 4.58. The zero-order chi connectivity index (χ0) is 11.9. The second kappa shape index (κ2) is 6.69. The summed E-state index contributed by atoms with van der Waals surface area (Å²) in [7, 11) is 2.14. The van der Waals surface area contributed by atoms with Crippen molar-refractivity contribution in [3.63, 3.8) is 0 Å². The monoisotopic (exact) mass is 235 g/mol. The molecule has 0 bridgehead atoms. The molecule has 1 aromatic rings. The van der Waals surface area contributed by atoms with E-state index in [1.165, 1.54) is 5.56 Å². The Bertz CT molecular complexity index is 312. The summed E-state index contributed by atoms with van der Waals surface area (Å²) in [6.07, 6.45) is 5.20. The highest BCUT2D eigenvalue weighted by atomic mass is 16.5. The number of hydrogen-bond acceptors (Lipinski definition) is 4. The molecule has 1 aliphatic rings. The molecule has 1 fully saturated rings. The molecule has 2 rings (SSSR count). The van der Waals surface area contributed by atoms with Crippen LogP contribution >= 0.6 is 0 Å². The van der Waals surface area contributed by atoms with E-state index in [1.54, 1.807) is 0 Å². The van der Waals surface area contributed by atoms with Gasteiger partial charge in [0, 0.05) is 38.6 Å². The zero-order valence-corrected chi connectivity index (χ0v) is 10.4. The van der Waals surface area contributed by atoms with Crippen LogP contribution in [0.2, 0.25) is 0 Å². The number of nitrogens with one attached hydrogen (secondary N) is 1. The lowest BCUT2D eigenvalue weighted by Gasteiger charge is -2.25. The van der Waals surface area contributed by atoms with E-state index in [0.717, 1.165) is 39.2 Å². The fraction of sp³-hybridized carbons (Fsp3) is 0.615. The fourth-order valence-electron chi connectivity index (χ4n) is 2.05. The number of pyridine rings is 1. The number of ether oxygens (including phenoxy) is 1. The molecule has 4 heteroatoms. The maximum absolute atomic E-state index is 5.68. The average Bonchev–Trinajstić information content (AvgIpc) is 2.39. The maximum Gasteiger partial charge on any atom is 0.0712 e. The number of aromatic nitrogens is 1. The smallest absolute Gasteiger partial charge is 0.0712 e. The summed E-state index contributed by atoms with van der Waals surface area (Å²) in [5, 5.41) is 3.35. The van der Waals surface area contributed by atoms with Gasteiger partial charge in [0.15, 0.2) is 0 Å². The molecule has 1 aromatic heterocycles. The first-order valence-corrected chi connectivity index (χ1v) is 6.24. The van der Waals surface area contributed by atoms with Gasteiger partial charge in [-0.15, -0.1) is 0 Å². The minimum absolute atomic E-state index is 0.375. The van der Waals surface area contributed by atoms with E-state index < -0.39 is 0 Å². The van der Waals surface area contributed by atoms with Gasteiger partial charge in [0.1, 0.15) is 0 Å². The molecule has 17 heavy (non-hydrogen) atoms. The molecule has 0 aromatic carbocycles. The van der Waals surface area contributed by atoms with Crippen LogP contribution in [0.4, 0.5) is 0 Å². The lowest BCUT2D eigenvalue weighted by Crippen LogP contribution is -2.40. The van der Waals surface area contributed by atoms with E-state index in [4.69, 9.17) is 4.74 Å². The van der Waals surface area contributed by atoms with Gasteiger partial charge in [-0.1, -0.05) is 6.07 Å². The molecule has 94 valence electrons. The van der Waals surface area contributed by atoms with Crippen molar-refractivity contribution < 1.29 is 4.74 Å². The van der Waals surface area contributed by atoms with E-state index in [1.807, 2.05) is 18.5 Å². The minimum atomic E-state index is 0.375. The standard InChI is InChI=1S/C13H21N3O/c1-16(11-12-3-2-5-14-9-12)7-4-13-10-15-6-8-17-13/h2-3,5,9,13,15H,4,6-8,10-11H2,1H3. The molecule has 0 saturated carbocycles. The first-order valence-electron chi connectivity index (χ1n) is 6.24. The van der Waals surface area contributed by atoms with Crippen molar-refractivity contribution in [2.45, 2.75) is 19.1 Å². The van der Waals surface area contributed by atoms with E-state index in [2.05, 4.69) is 28.3 Å². The fourth-order valence-corrected chi connectivity index (χ4v) is 2.05. The highest BCUT2D eigenvalue weighted by Crippen LogP contribution is 2.05. The van der Waals surface area contributed by atoms with Crippen LogP contribution in [0.3, 0.4) is 0 Å². The van der Waals surface area contributed by atoms with Gasteiger partial charge in [0.2, 0.25) is 0 Å². The lowest BCUT2D eigenvalue weighted by molar-refractivity contribution is 0.0184. The number of morpholine rings is 1. The van der Waals surface area contributed by atoms with Crippen molar-refractivity contribution in [3.8, 4) is 0 Å². The van der Waals surface area contributed by atoms with Crippen molar-refractivity contribution >= 4 is 0 Å². The summed E-state index contributed by atoms with van der Waals surface area (Å²) in [6, 6.07) is 4.10. The second-order valence-corrected chi connectivity index (χ2v) is 4.58. The molecule has 0 amide bonds. The molecule has 2 heterocycles. The van der Waals surface area contributed by atoms with Gasteiger partial charge in [-0.3, -0.25) is 4.98 Å². The average molecular weight is 235 g/mol. The van der Waals surface area contributed by atoms with Gasteiger partial charge in [0.05, 0.1) is 12.7 Å². The molecule has 1 saturated heterocycles. The van der Waals surface area contributed by atoms with Crippen LogP contribution in [0.15, 0.2) is 24.5 Å². The molecule has 0 aliphatic carbocycles. The van der Waals surface area contributed by atoms with Crippen LogP contribution in [-0.4, -0.2) is 49.3 Å². The molecule has 4 nitrogen and oxygen atoms in total. The number of rotatable bonds is 5. The predicted octanol–water partition coefficient (Wildman–Crippen LogP) is 0.892. The highest BCUT2D eigenvalue weighted by Gasteiger charge is 2.13. The Balaban J connectivity index is 1.68. The third-order valence-corrected chi connectivity index (χ3v) is 3.01. The molecular formula is C13H21N3O. The van der Waals surface area contributed by atoms with Gasteiger partial charge in [-0.2, -0.15) is 0 Å². The first-order chi connectivity index (χ1) is 8.34. The first kappa shape index (κ1) is 12.5. The number of nitrogens with zero attached hydrogens (tertiary/aromatic N) is 2. The van der Waals surface area contributed by atoms with Crippen LogP contribution in [0, 0.1) is 0 Å². The molecular weight excluding hydrogens is 214 g/mol. The van der Waals surface area contributed by atoms with E-state index in [9.17, 15) is 0 Å². The van der Waals surface area contributed by atoms with Crippen LogP contribution in [0.1, 0.15) is 12.0 Å². The molecule has 0 radical (unpaired) electrons. The normalized spacial score (nSPS) is 20.7. The van der Waals surface area contributed by atoms with Crippen molar-refractivity contribution in [3.05, 3.63) is 30.1 Å². The van der Waals surface area contributed by atoms with Crippen molar-refractivity contribution in [2.24, 2.45) is 0 Å². The third kappa shape index (κ3) is 4.42. The summed E-state index contributed by atoms with van der Waals surface area (Å²) >= 11 is 0. The summed E-state index contributed by atoms with van der Waals surface area (Å²) in [4.78, 5) is 6.44. The Labute approximate surface area is 103 Å². The van der Waals surface area contributed by atoms with E-state index >= 15 is 0 Å². The Morgan fingerprint density at radius 1 is 1.59 bits per heavy atom. The van der Waals surface area contributed by atoms with Gasteiger partial charge < -0.3 is 15.0 Å². The minimum Gasteiger partial charge on any atom is -0.376 e. The van der Waals surface area contributed by atoms with Crippen molar-refractivity contribution in [1.29, 1.82) is 0 Å². The van der Waals surface area contributed by atoms with E-state index in [-0.39, 0.29) is 0 Å². The SMILES string of the molecule is CN(CCC1CNCCO1)Cc1cccnc1. The topological polar surface area (TPSA) is 37.4 Å². The molecule has 1 N–H and O–H groups in total. The highest BCUT2D eigenvalue weighted by molar-refractivity contribution is 5.07. The molecule has 1 unspecified atom stereocenters. The van der Waals surface area contributed by atoms with Crippen molar-refractivity contribution in [2.75, 3.05) is 33.3 Å². The van der Waals surface area contributed by atoms with E-state index in [0.29, 0.717) is 6.10 Å². The Hall–Kier alpha value is -0.970. The molecule has 1 aliphatic heterocycles. The zero-order valence-electron chi connectivity index (χ0n) is 10.4. The Morgan fingerprint density at radius 2 is 2.53 bits per heavy atom. The maximum atomic E-state index is 5.68. The summed E-state index contributed by atoms with van der Waals surface area (Å²) in [6.45, 7) is 4.83. The summed E-state index contributed by atoms with van der Waals surface area (Å²) in [5.74, 6) is 0. The van der Waals surface area contributed by atoms with Crippen LogP contribution in [0.25, 0.3) is 0 Å². The predicted molar refractivity (Wildman–Crippen MR) is 67.8 cm³/mol. The van der Waals surface area contributed by atoms with Crippen molar-refractivity contribution in [1.82, 2.24) is 15.2 Å². The Morgan fingerprint density at radius 3 is 3.24 bits per heavy atom. The Kier molecular flexibility index (Phi) is 4.91. The molecule has 0 spiro atoms. The van der Waals surface area contributed by atoms with Gasteiger partial charge in [0.25, 0.3) is 0 Å². The third-order valence-electron chi connectivity index (χ3n) is 3.01. The van der Waals surface area contributed by atoms with Gasteiger partial charge in [-0.05, 0) is 25.1 Å². The quantitative estimate of drug-likeness (QED) is 0.822. The number of hydrogen-bond donors (Lipinski definition) is 1. The van der Waals surface area contributed by atoms with Gasteiger partial charge in [-0.25, -0.2) is 0 Å². The lowest BCUT2D eigenvalue weighted by atomic mass is 10.2. The summed E-state index contributed by atoms with van der Waals surface area (Å²) in [5.41, 5.74) is 1.26. The summed E-state index contributed by atoms with van der Waals surface area (Å²) < 4.78 is 5.68. The van der Waals surface area contributed by atoms with Crippen LogP contribution in [-0.2, 0) is 11.3 Å². The van der Waals surface area contributed by atoms with Crippen LogP contribution < -0.4 is 5.32 Å². The largest absolute Gasteiger partial charge is 0.376 e. The van der Waals surface area contributed by atoms with Gasteiger partial charge >= 0.3 is 0 Å².